The van der Waals surface area contributed by atoms with Crippen LogP contribution in [0.5, 0.6) is 11.5 Å². The molecule has 1 aromatic carbocycles. The number of carbonyl (C=O) groups is 1. The van der Waals surface area contributed by atoms with E-state index in [1.807, 2.05) is 6.07 Å². The minimum absolute atomic E-state index is 0.109. The van der Waals surface area contributed by atoms with Gasteiger partial charge < -0.3 is 19.3 Å². The molecule has 1 N–H and O–H groups in total. The number of nitrogens with zero attached hydrogens (tertiary/aromatic N) is 2. The summed E-state index contributed by atoms with van der Waals surface area (Å²) in [7, 11) is 0. The second kappa shape index (κ2) is 8.54. The van der Waals surface area contributed by atoms with Crippen LogP contribution in [0.2, 0.25) is 0 Å². The summed E-state index contributed by atoms with van der Waals surface area (Å²) in [6, 6.07) is 6.16. The second-order valence-corrected chi connectivity index (χ2v) is 11.1. The number of carbonyl (C=O) groups excluding carboxylic acids is 1. The lowest BCUT2D eigenvalue weighted by Gasteiger charge is -2.52. The normalized spacial score (nSPS) is 37.7. The third-order valence-corrected chi connectivity index (χ3v) is 9.33. The molecule has 1 saturated carbocycles. The van der Waals surface area contributed by atoms with E-state index in [4.69, 9.17) is 14.2 Å². The van der Waals surface area contributed by atoms with Crippen molar-refractivity contribution in [3.63, 3.8) is 0 Å². The largest absolute Gasteiger partial charge is 0.461 e. The van der Waals surface area contributed by atoms with Crippen LogP contribution in [0, 0.1) is 23.2 Å². The first-order valence-electron chi connectivity index (χ1n) is 12.8. The first-order valence-corrected chi connectivity index (χ1v) is 12.8. The smallest absolute Gasteiger partial charge is 0.311 e. The van der Waals surface area contributed by atoms with Crippen molar-refractivity contribution in [1.29, 1.82) is 0 Å². The third kappa shape index (κ3) is 3.64. The molecule has 3 heterocycles. The zero-order valence-corrected chi connectivity index (χ0v) is 20.2. The van der Waals surface area contributed by atoms with Gasteiger partial charge in [0.25, 0.3) is 0 Å². The minimum atomic E-state index is -0.531. The molecular formula is C27H36N2O5. The molecule has 0 amide bonds. The fourth-order valence-corrected chi connectivity index (χ4v) is 6.98. The number of fused-ring (bicyclic) bond motifs is 3. The van der Waals surface area contributed by atoms with Gasteiger partial charge in [0, 0.05) is 57.0 Å². The molecule has 3 fully saturated rings. The van der Waals surface area contributed by atoms with Crippen molar-refractivity contribution in [2.45, 2.75) is 51.9 Å². The van der Waals surface area contributed by atoms with Gasteiger partial charge in [0.1, 0.15) is 6.10 Å². The molecule has 6 rings (SSSR count). The lowest BCUT2D eigenvalue weighted by atomic mass is 9.55. The molecule has 184 valence electrons. The molecule has 7 heteroatoms. The van der Waals surface area contributed by atoms with E-state index < -0.39 is 6.10 Å². The van der Waals surface area contributed by atoms with Gasteiger partial charge in [-0.3, -0.25) is 14.6 Å². The highest BCUT2D eigenvalue weighted by Crippen LogP contribution is 2.56. The van der Waals surface area contributed by atoms with Crippen molar-refractivity contribution >= 4 is 5.97 Å². The van der Waals surface area contributed by atoms with Crippen LogP contribution in [-0.2, 0) is 16.1 Å². The van der Waals surface area contributed by atoms with E-state index in [1.165, 1.54) is 11.1 Å². The number of rotatable bonds is 4. The number of ether oxygens (including phenoxy) is 3. The minimum Gasteiger partial charge on any atom is -0.461 e. The first-order chi connectivity index (χ1) is 16.4. The topological polar surface area (TPSA) is 71.5 Å². The number of piperazine rings is 1. The fraction of sp³-hybridized carbons (Fsp3) is 0.667. The Labute approximate surface area is 201 Å². The molecule has 0 radical (unpaired) electrons. The average molecular weight is 469 g/mol. The van der Waals surface area contributed by atoms with Crippen molar-refractivity contribution in [2.24, 2.45) is 23.2 Å². The van der Waals surface area contributed by atoms with Crippen molar-refractivity contribution in [1.82, 2.24) is 9.80 Å². The van der Waals surface area contributed by atoms with Crippen LogP contribution in [0.4, 0.5) is 0 Å². The Balaban J connectivity index is 1.09. The van der Waals surface area contributed by atoms with Crippen LogP contribution in [-0.4, -0.2) is 72.6 Å². The van der Waals surface area contributed by atoms with Gasteiger partial charge in [-0.15, -0.1) is 0 Å². The molecular weight excluding hydrogens is 432 g/mol. The molecule has 2 saturated heterocycles. The number of allylic oxidation sites excluding steroid dienone is 1. The van der Waals surface area contributed by atoms with Gasteiger partial charge in [0.05, 0.1) is 12.0 Å². The van der Waals surface area contributed by atoms with Crippen LogP contribution in [0.25, 0.3) is 0 Å². The Bertz CT molecular complexity index is 987. The van der Waals surface area contributed by atoms with E-state index in [0.717, 1.165) is 63.5 Å². The Morgan fingerprint density at radius 1 is 1.12 bits per heavy atom. The van der Waals surface area contributed by atoms with Gasteiger partial charge >= 0.3 is 5.97 Å². The van der Waals surface area contributed by atoms with Gasteiger partial charge in [-0.25, -0.2) is 0 Å². The van der Waals surface area contributed by atoms with Gasteiger partial charge in [-0.05, 0) is 36.5 Å². The lowest BCUT2D eigenvalue weighted by molar-refractivity contribution is -0.145. The van der Waals surface area contributed by atoms with Crippen LogP contribution in [0.1, 0.15) is 38.7 Å². The maximum atomic E-state index is 12.9. The highest BCUT2D eigenvalue weighted by molar-refractivity contribution is 5.76. The van der Waals surface area contributed by atoms with Crippen molar-refractivity contribution in [2.75, 3.05) is 39.5 Å². The Kier molecular flexibility index (Phi) is 5.62. The van der Waals surface area contributed by atoms with Crippen LogP contribution < -0.4 is 9.47 Å². The molecule has 5 aliphatic rings. The molecule has 0 aromatic heterocycles. The standard InChI is InChI=1S/C27H36N2O5/c1-17-4-3-5-19-13-23-24(25(30)27(17,19)2)20(26(31)34-23)15-29-10-8-28(9-11-29)14-18-6-7-21-22(12-18)33-16-32-21/h5-7,12,17,20,23-25,30H,3-4,8-11,13-16H2,1-2H3/t17?,20?,23-,24-,25?,27-/m1/s1. The summed E-state index contributed by atoms with van der Waals surface area (Å²) in [6.45, 7) is 10.1. The lowest BCUT2D eigenvalue weighted by Crippen LogP contribution is -2.55. The SMILES string of the molecule is CC1CCC=C2C[C@H]3OC(=O)C(CN4CCN(Cc5ccc6c(c5)OCO6)CC4)[C@H]3C(O)[C@@]21C. The van der Waals surface area contributed by atoms with Gasteiger partial charge in [-0.2, -0.15) is 0 Å². The van der Waals surface area contributed by atoms with Gasteiger partial charge in [0.15, 0.2) is 11.5 Å². The van der Waals surface area contributed by atoms with Crippen molar-refractivity contribution in [3.8, 4) is 11.5 Å². The molecule has 1 aromatic rings. The maximum absolute atomic E-state index is 12.9. The summed E-state index contributed by atoms with van der Waals surface area (Å²) in [5.74, 6) is 1.59. The Hall–Kier alpha value is -2.09. The number of benzene rings is 1. The summed E-state index contributed by atoms with van der Waals surface area (Å²) < 4.78 is 16.8. The predicted molar refractivity (Wildman–Crippen MR) is 126 cm³/mol. The Morgan fingerprint density at radius 3 is 2.71 bits per heavy atom. The van der Waals surface area contributed by atoms with Gasteiger partial charge in [-0.1, -0.05) is 31.6 Å². The van der Waals surface area contributed by atoms with Crippen LogP contribution in [0.3, 0.4) is 0 Å². The average Bonchev–Trinajstić information content (AvgIpc) is 3.41. The summed E-state index contributed by atoms with van der Waals surface area (Å²) in [5.41, 5.74) is 2.28. The van der Waals surface area contributed by atoms with E-state index in [2.05, 4.69) is 41.9 Å². The molecule has 6 atom stereocenters. The molecule has 7 nitrogen and oxygen atoms in total. The van der Waals surface area contributed by atoms with Gasteiger partial charge in [0.2, 0.25) is 6.79 Å². The molecule has 3 unspecified atom stereocenters. The van der Waals surface area contributed by atoms with Crippen molar-refractivity contribution < 1.29 is 24.1 Å². The summed E-state index contributed by atoms with van der Waals surface area (Å²) in [6.07, 6.45) is 4.53. The number of esters is 1. The molecule has 0 bridgehead atoms. The molecule has 2 aliphatic carbocycles. The third-order valence-electron chi connectivity index (χ3n) is 9.33. The highest BCUT2D eigenvalue weighted by Gasteiger charge is 2.59. The fourth-order valence-electron chi connectivity index (χ4n) is 6.98. The number of aliphatic hydroxyl groups is 1. The number of hydrogen-bond acceptors (Lipinski definition) is 7. The summed E-state index contributed by atoms with van der Waals surface area (Å²) in [4.78, 5) is 17.8. The van der Waals surface area contributed by atoms with E-state index in [9.17, 15) is 9.90 Å². The second-order valence-electron chi connectivity index (χ2n) is 11.1. The summed E-state index contributed by atoms with van der Waals surface area (Å²) in [5, 5.41) is 11.6. The monoisotopic (exact) mass is 468 g/mol. The highest BCUT2D eigenvalue weighted by atomic mass is 16.7. The summed E-state index contributed by atoms with van der Waals surface area (Å²) >= 11 is 0. The van der Waals surface area contributed by atoms with E-state index in [1.54, 1.807) is 0 Å². The van der Waals surface area contributed by atoms with E-state index in [-0.39, 0.29) is 29.3 Å². The van der Waals surface area contributed by atoms with Crippen LogP contribution >= 0.6 is 0 Å². The first kappa shape index (κ1) is 22.4. The molecule has 34 heavy (non-hydrogen) atoms. The van der Waals surface area contributed by atoms with E-state index in [0.29, 0.717) is 19.3 Å². The zero-order valence-electron chi connectivity index (χ0n) is 20.2. The van der Waals surface area contributed by atoms with Crippen LogP contribution in [0.15, 0.2) is 29.8 Å². The predicted octanol–water partition coefficient (Wildman–Crippen LogP) is 2.82. The Morgan fingerprint density at radius 2 is 1.88 bits per heavy atom. The van der Waals surface area contributed by atoms with Crippen molar-refractivity contribution in [3.05, 3.63) is 35.4 Å². The number of hydrogen-bond donors (Lipinski definition) is 1. The maximum Gasteiger partial charge on any atom is 0.311 e. The zero-order chi connectivity index (χ0) is 23.4. The molecule has 3 aliphatic heterocycles. The van der Waals surface area contributed by atoms with E-state index >= 15 is 0 Å². The molecule has 0 spiro atoms. The quantitative estimate of drug-likeness (QED) is 0.538. The number of aliphatic hydroxyl groups excluding tert-OH is 1.